The van der Waals surface area contributed by atoms with Gasteiger partial charge in [-0.1, -0.05) is 37.0 Å². The number of halogens is 2. The van der Waals surface area contributed by atoms with Crippen molar-refractivity contribution in [1.29, 1.82) is 0 Å². The van der Waals surface area contributed by atoms with Crippen molar-refractivity contribution in [2.24, 2.45) is 5.92 Å². The van der Waals surface area contributed by atoms with Crippen molar-refractivity contribution in [3.8, 4) is 0 Å². The van der Waals surface area contributed by atoms with Crippen LogP contribution in [0.3, 0.4) is 0 Å². The van der Waals surface area contributed by atoms with Crippen LogP contribution in [-0.2, 0) is 9.53 Å². The highest BCUT2D eigenvalue weighted by Crippen LogP contribution is 2.21. The number of benzene rings is 1. The van der Waals surface area contributed by atoms with Crippen molar-refractivity contribution in [3.63, 3.8) is 0 Å². The van der Waals surface area contributed by atoms with Crippen LogP contribution in [0.5, 0.6) is 0 Å². The molecule has 2 amide bonds. The molecule has 0 aliphatic rings. The number of hydrogen-bond acceptors (Lipinski definition) is 3. The first-order chi connectivity index (χ1) is 11.2. The third-order valence-electron chi connectivity index (χ3n) is 3.31. The summed E-state index contributed by atoms with van der Waals surface area (Å²) >= 11 is 11.9. The second-order valence-corrected chi connectivity index (χ2v) is 6.99. The topological polar surface area (TPSA) is 67.4 Å². The summed E-state index contributed by atoms with van der Waals surface area (Å²) in [5.74, 6) is -0.414. The monoisotopic (exact) mass is 374 g/mol. The second-order valence-electron chi connectivity index (χ2n) is 6.14. The van der Waals surface area contributed by atoms with Crippen LogP contribution >= 0.6 is 23.2 Å². The molecule has 2 atom stereocenters. The summed E-state index contributed by atoms with van der Waals surface area (Å²) < 4.78 is 5.01. The van der Waals surface area contributed by atoms with Crippen molar-refractivity contribution in [1.82, 2.24) is 10.6 Å². The predicted octanol–water partition coefficient (Wildman–Crippen LogP) is 3.29. The van der Waals surface area contributed by atoms with Crippen LogP contribution < -0.4 is 10.6 Å². The summed E-state index contributed by atoms with van der Waals surface area (Å²) in [6.07, 6.45) is 0.516. The maximum atomic E-state index is 12.4. The molecule has 1 rings (SSSR count). The molecule has 0 fully saturated rings. The fourth-order valence-electron chi connectivity index (χ4n) is 2.25. The third-order valence-corrected chi connectivity index (χ3v) is 3.86. The zero-order chi connectivity index (χ0) is 18.3. The summed E-state index contributed by atoms with van der Waals surface area (Å²) in [6.45, 7) is 6.21. The van der Waals surface area contributed by atoms with Gasteiger partial charge in [0, 0.05) is 18.2 Å². The average molecular weight is 375 g/mol. The molecule has 0 aromatic heterocycles. The summed E-state index contributed by atoms with van der Waals surface area (Å²) in [5, 5.41) is 6.28. The molecule has 2 N–H and O–H groups in total. The Hall–Kier alpha value is -1.30. The molecule has 1 aromatic carbocycles. The molecule has 5 nitrogen and oxygen atoms in total. The average Bonchev–Trinajstić information content (AvgIpc) is 2.45. The number of carbonyl (C=O) groups excluding carboxylic acids is 2. The lowest BCUT2D eigenvalue weighted by atomic mass is 10.0. The summed E-state index contributed by atoms with van der Waals surface area (Å²) in [7, 11) is 1.57. The van der Waals surface area contributed by atoms with Gasteiger partial charge in [-0.3, -0.25) is 9.59 Å². The molecule has 24 heavy (non-hydrogen) atoms. The van der Waals surface area contributed by atoms with Crippen LogP contribution in [0.2, 0.25) is 10.0 Å². The molecule has 0 heterocycles. The van der Waals surface area contributed by atoms with Gasteiger partial charge < -0.3 is 15.4 Å². The van der Waals surface area contributed by atoms with Crippen molar-refractivity contribution in [3.05, 3.63) is 33.8 Å². The molecule has 0 aliphatic heterocycles. The Morgan fingerprint density at radius 2 is 1.83 bits per heavy atom. The molecule has 134 valence electrons. The maximum absolute atomic E-state index is 12.4. The molecule has 0 bridgehead atoms. The number of hydrogen-bond donors (Lipinski definition) is 2. The molecule has 7 heteroatoms. The Morgan fingerprint density at radius 3 is 2.38 bits per heavy atom. The van der Waals surface area contributed by atoms with Gasteiger partial charge in [-0.15, -0.1) is 0 Å². The molecular weight excluding hydrogens is 351 g/mol. The second kappa shape index (κ2) is 9.87. The van der Waals surface area contributed by atoms with E-state index in [0.717, 1.165) is 0 Å². The highest BCUT2D eigenvalue weighted by Gasteiger charge is 2.24. The Balaban J connectivity index is 2.84. The number of ether oxygens (including phenoxy) is 1. The fraction of sp³-hybridized carbons (Fsp3) is 0.529. The largest absolute Gasteiger partial charge is 0.383 e. The van der Waals surface area contributed by atoms with Gasteiger partial charge in [0.05, 0.1) is 17.2 Å². The van der Waals surface area contributed by atoms with Gasteiger partial charge in [-0.2, -0.15) is 0 Å². The quantitative estimate of drug-likeness (QED) is 0.733. The molecular formula is C17H24Cl2N2O3. The fourth-order valence-corrected chi connectivity index (χ4v) is 2.74. The number of nitrogens with one attached hydrogen (secondary N) is 2. The minimum atomic E-state index is -0.649. The normalized spacial score (nSPS) is 13.5. The van der Waals surface area contributed by atoms with Crippen LogP contribution in [0.1, 0.15) is 37.6 Å². The minimum absolute atomic E-state index is 0.145. The predicted molar refractivity (Wildman–Crippen MR) is 96.7 cm³/mol. The maximum Gasteiger partial charge on any atom is 0.253 e. The highest BCUT2D eigenvalue weighted by molar-refractivity contribution is 6.36. The minimum Gasteiger partial charge on any atom is -0.383 e. The standard InChI is InChI=1S/C17H24Cl2N2O3/c1-10(2)7-15(17(23)20-11(3)9-24-4)21-16(22)13-6-5-12(18)8-14(13)19/h5-6,8,10-11,15H,7,9H2,1-4H3,(H,20,23)(H,21,22)/t11-,15+/m0/s1. The Morgan fingerprint density at radius 1 is 1.17 bits per heavy atom. The van der Waals surface area contributed by atoms with Crippen molar-refractivity contribution < 1.29 is 14.3 Å². The van der Waals surface area contributed by atoms with Gasteiger partial charge in [-0.25, -0.2) is 0 Å². The molecule has 0 saturated carbocycles. The van der Waals surface area contributed by atoms with Gasteiger partial charge >= 0.3 is 0 Å². The zero-order valence-corrected chi connectivity index (χ0v) is 15.9. The number of amides is 2. The van der Waals surface area contributed by atoms with Crippen LogP contribution in [-0.4, -0.2) is 37.6 Å². The first-order valence-electron chi connectivity index (χ1n) is 7.79. The smallest absolute Gasteiger partial charge is 0.253 e. The van der Waals surface area contributed by atoms with Crippen molar-refractivity contribution >= 4 is 35.0 Å². The number of carbonyl (C=O) groups is 2. The Kier molecular flexibility index (Phi) is 8.53. The van der Waals surface area contributed by atoms with Gasteiger partial charge in [-0.05, 0) is 37.5 Å². The summed E-state index contributed by atoms with van der Waals surface area (Å²) in [4.78, 5) is 24.9. The molecule has 0 aliphatic carbocycles. The molecule has 1 aromatic rings. The van der Waals surface area contributed by atoms with E-state index in [1.807, 2.05) is 20.8 Å². The lowest BCUT2D eigenvalue weighted by molar-refractivity contribution is -0.124. The Labute approximate surface area is 153 Å². The number of rotatable bonds is 8. The van der Waals surface area contributed by atoms with Crippen LogP contribution in [0.4, 0.5) is 0 Å². The van der Waals surface area contributed by atoms with Gasteiger partial charge in [0.25, 0.3) is 5.91 Å². The van der Waals surface area contributed by atoms with E-state index < -0.39 is 11.9 Å². The van der Waals surface area contributed by atoms with Crippen molar-refractivity contribution in [2.45, 2.75) is 39.3 Å². The highest BCUT2D eigenvalue weighted by atomic mass is 35.5. The van der Waals surface area contributed by atoms with Gasteiger partial charge in [0.15, 0.2) is 0 Å². The molecule has 0 saturated heterocycles. The first-order valence-corrected chi connectivity index (χ1v) is 8.55. The van der Waals surface area contributed by atoms with E-state index in [4.69, 9.17) is 27.9 Å². The van der Waals surface area contributed by atoms with Crippen molar-refractivity contribution in [2.75, 3.05) is 13.7 Å². The van der Waals surface area contributed by atoms with Gasteiger partial charge in [0.1, 0.15) is 6.04 Å². The van der Waals surface area contributed by atoms with E-state index >= 15 is 0 Å². The Bertz CT molecular complexity index is 579. The van der Waals surface area contributed by atoms with Gasteiger partial charge in [0.2, 0.25) is 5.91 Å². The molecule has 0 spiro atoms. The summed E-state index contributed by atoms with van der Waals surface area (Å²) in [6, 6.07) is 3.82. The lowest BCUT2D eigenvalue weighted by Crippen LogP contribution is -2.50. The van der Waals surface area contributed by atoms with Crippen LogP contribution in [0.25, 0.3) is 0 Å². The zero-order valence-electron chi connectivity index (χ0n) is 14.4. The van der Waals surface area contributed by atoms with E-state index in [9.17, 15) is 9.59 Å². The van der Waals surface area contributed by atoms with Crippen LogP contribution in [0.15, 0.2) is 18.2 Å². The third kappa shape index (κ3) is 6.67. The van der Waals surface area contributed by atoms with E-state index in [1.54, 1.807) is 13.2 Å². The van der Waals surface area contributed by atoms with E-state index in [0.29, 0.717) is 18.1 Å². The molecule has 0 unspecified atom stereocenters. The lowest BCUT2D eigenvalue weighted by Gasteiger charge is -2.22. The van der Waals surface area contributed by atoms with E-state index in [2.05, 4.69) is 10.6 Å². The first kappa shape index (κ1) is 20.7. The van der Waals surface area contributed by atoms with E-state index in [-0.39, 0.29) is 28.5 Å². The SMILES string of the molecule is COC[C@H](C)NC(=O)[C@@H](CC(C)C)NC(=O)c1ccc(Cl)cc1Cl. The van der Waals surface area contributed by atoms with Crippen LogP contribution in [0, 0.1) is 5.92 Å². The summed E-state index contributed by atoms with van der Waals surface area (Å²) in [5.41, 5.74) is 0.285. The van der Waals surface area contributed by atoms with E-state index in [1.165, 1.54) is 12.1 Å². The number of methoxy groups -OCH3 is 1. The molecule has 0 radical (unpaired) electrons.